The van der Waals surface area contributed by atoms with Gasteiger partial charge in [-0.2, -0.15) is 0 Å². The Bertz CT molecular complexity index is 560. The predicted molar refractivity (Wildman–Crippen MR) is 67.7 cm³/mol. The molecular weight excluding hydrogens is 233 g/mol. The molecule has 2 aromatic rings. The molecule has 0 spiro atoms. The van der Waals surface area contributed by atoms with Crippen molar-refractivity contribution in [2.45, 2.75) is 20.3 Å². The van der Waals surface area contributed by atoms with E-state index in [0.717, 1.165) is 0 Å². The van der Waals surface area contributed by atoms with E-state index < -0.39 is 0 Å². The molecule has 2 rings (SSSR count). The Morgan fingerprint density at radius 3 is 2.94 bits per heavy atom. The zero-order valence-corrected chi connectivity index (χ0v) is 10.5. The van der Waals surface area contributed by atoms with Gasteiger partial charge in [0.25, 0.3) is 0 Å². The molecular formula is C14H16FNO2. The number of rotatable bonds is 4. The summed E-state index contributed by atoms with van der Waals surface area (Å²) in [7, 11) is 0. The van der Waals surface area contributed by atoms with Crippen LogP contribution in [-0.2, 0) is 11.2 Å². The molecule has 3 nitrogen and oxygen atoms in total. The van der Waals surface area contributed by atoms with Crippen LogP contribution in [0.2, 0.25) is 0 Å². The van der Waals surface area contributed by atoms with Crippen molar-refractivity contribution in [3.63, 3.8) is 0 Å². The topological polar surface area (TPSA) is 42.2 Å². The number of amides is 1. The van der Waals surface area contributed by atoms with E-state index in [-0.39, 0.29) is 18.1 Å². The smallest absolute Gasteiger partial charge is 0.224 e. The SMILES string of the molecule is CC(C)CNC(=O)Cc1coc2ccc(F)cc12. The number of hydrogen-bond donors (Lipinski definition) is 1. The van der Waals surface area contributed by atoms with Crippen molar-refractivity contribution in [1.82, 2.24) is 5.32 Å². The molecule has 1 aromatic carbocycles. The van der Waals surface area contributed by atoms with Crippen molar-refractivity contribution in [3.05, 3.63) is 35.8 Å². The summed E-state index contributed by atoms with van der Waals surface area (Å²) in [6.07, 6.45) is 1.72. The van der Waals surface area contributed by atoms with Crippen molar-refractivity contribution < 1.29 is 13.6 Å². The fraction of sp³-hybridized carbons (Fsp3) is 0.357. The van der Waals surface area contributed by atoms with Crippen LogP contribution in [0.1, 0.15) is 19.4 Å². The Balaban J connectivity index is 2.12. The van der Waals surface area contributed by atoms with Gasteiger partial charge in [0.05, 0.1) is 12.7 Å². The molecule has 1 aromatic heterocycles. The molecule has 4 heteroatoms. The van der Waals surface area contributed by atoms with Gasteiger partial charge in [0, 0.05) is 17.5 Å². The van der Waals surface area contributed by atoms with E-state index in [9.17, 15) is 9.18 Å². The number of fused-ring (bicyclic) bond motifs is 1. The van der Waals surface area contributed by atoms with Gasteiger partial charge in [-0.3, -0.25) is 4.79 Å². The van der Waals surface area contributed by atoms with E-state index in [1.54, 1.807) is 6.07 Å². The van der Waals surface area contributed by atoms with Crippen LogP contribution in [0.4, 0.5) is 4.39 Å². The van der Waals surface area contributed by atoms with Crippen molar-refractivity contribution in [1.29, 1.82) is 0 Å². The molecule has 0 fully saturated rings. The average molecular weight is 249 g/mol. The first kappa shape index (κ1) is 12.6. The van der Waals surface area contributed by atoms with Gasteiger partial charge in [-0.1, -0.05) is 13.8 Å². The molecule has 18 heavy (non-hydrogen) atoms. The van der Waals surface area contributed by atoms with Crippen LogP contribution >= 0.6 is 0 Å². The van der Waals surface area contributed by atoms with Crippen LogP contribution < -0.4 is 5.32 Å². The zero-order valence-electron chi connectivity index (χ0n) is 10.5. The number of carbonyl (C=O) groups is 1. The van der Waals surface area contributed by atoms with Gasteiger partial charge in [-0.15, -0.1) is 0 Å². The highest BCUT2D eigenvalue weighted by Crippen LogP contribution is 2.22. The third kappa shape index (κ3) is 2.88. The lowest BCUT2D eigenvalue weighted by molar-refractivity contribution is -0.120. The molecule has 1 heterocycles. The van der Waals surface area contributed by atoms with E-state index in [2.05, 4.69) is 5.32 Å². The van der Waals surface area contributed by atoms with Gasteiger partial charge in [0.1, 0.15) is 11.4 Å². The minimum absolute atomic E-state index is 0.0735. The second-order valence-corrected chi connectivity index (χ2v) is 4.78. The molecule has 0 unspecified atom stereocenters. The van der Waals surface area contributed by atoms with Gasteiger partial charge < -0.3 is 9.73 Å². The first-order valence-electron chi connectivity index (χ1n) is 5.98. The van der Waals surface area contributed by atoms with Crippen LogP contribution in [0.15, 0.2) is 28.9 Å². The van der Waals surface area contributed by atoms with E-state index in [1.165, 1.54) is 18.4 Å². The molecule has 0 atom stereocenters. The molecule has 0 aliphatic carbocycles. The maximum absolute atomic E-state index is 13.1. The Morgan fingerprint density at radius 1 is 1.44 bits per heavy atom. The third-order valence-electron chi connectivity index (χ3n) is 2.67. The van der Waals surface area contributed by atoms with E-state index >= 15 is 0 Å². The number of hydrogen-bond acceptors (Lipinski definition) is 2. The molecule has 0 radical (unpaired) electrons. The molecule has 0 aliphatic heterocycles. The number of furan rings is 1. The third-order valence-corrected chi connectivity index (χ3v) is 2.67. The molecule has 0 aliphatic rings. The summed E-state index contributed by atoms with van der Waals surface area (Å²) in [6.45, 7) is 4.70. The van der Waals surface area contributed by atoms with E-state index in [1.807, 2.05) is 13.8 Å². The van der Waals surface area contributed by atoms with Crippen molar-refractivity contribution in [2.24, 2.45) is 5.92 Å². The Kier molecular flexibility index (Phi) is 3.65. The quantitative estimate of drug-likeness (QED) is 0.905. The Labute approximate surface area is 105 Å². The molecule has 0 bridgehead atoms. The molecule has 1 amide bonds. The van der Waals surface area contributed by atoms with E-state index in [0.29, 0.717) is 29.0 Å². The lowest BCUT2D eigenvalue weighted by atomic mass is 10.1. The van der Waals surface area contributed by atoms with Crippen LogP contribution in [0, 0.1) is 11.7 Å². The zero-order chi connectivity index (χ0) is 13.1. The number of halogens is 1. The minimum atomic E-state index is -0.326. The van der Waals surface area contributed by atoms with Gasteiger partial charge in [0.2, 0.25) is 5.91 Å². The van der Waals surface area contributed by atoms with Gasteiger partial charge in [-0.25, -0.2) is 4.39 Å². The van der Waals surface area contributed by atoms with Crippen LogP contribution in [0.25, 0.3) is 11.0 Å². The molecule has 0 saturated heterocycles. The fourth-order valence-corrected chi connectivity index (χ4v) is 1.74. The van der Waals surface area contributed by atoms with Crippen LogP contribution in [-0.4, -0.2) is 12.5 Å². The summed E-state index contributed by atoms with van der Waals surface area (Å²) in [5.74, 6) is 0.0101. The summed E-state index contributed by atoms with van der Waals surface area (Å²) < 4.78 is 18.4. The number of nitrogens with one attached hydrogen (secondary N) is 1. The van der Waals surface area contributed by atoms with Crippen LogP contribution in [0.5, 0.6) is 0 Å². The highest BCUT2D eigenvalue weighted by atomic mass is 19.1. The highest BCUT2D eigenvalue weighted by Gasteiger charge is 2.11. The Morgan fingerprint density at radius 2 is 2.22 bits per heavy atom. The normalized spacial score (nSPS) is 11.1. The summed E-state index contributed by atoms with van der Waals surface area (Å²) in [5, 5.41) is 3.49. The largest absolute Gasteiger partial charge is 0.464 e. The van der Waals surface area contributed by atoms with Crippen molar-refractivity contribution >= 4 is 16.9 Å². The minimum Gasteiger partial charge on any atom is -0.464 e. The maximum atomic E-state index is 13.1. The Hall–Kier alpha value is -1.84. The van der Waals surface area contributed by atoms with Gasteiger partial charge >= 0.3 is 0 Å². The lowest BCUT2D eigenvalue weighted by Gasteiger charge is -2.06. The molecule has 1 N–H and O–H groups in total. The van der Waals surface area contributed by atoms with E-state index in [4.69, 9.17) is 4.42 Å². The monoisotopic (exact) mass is 249 g/mol. The second-order valence-electron chi connectivity index (χ2n) is 4.78. The molecule has 0 saturated carbocycles. The standard InChI is InChI=1S/C14H16FNO2/c1-9(2)7-16-14(17)5-10-8-18-13-4-3-11(15)6-12(10)13/h3-4,6,8-9H,5,7H2,1-2H3,(H,16,17). The van der Waals surface area contributed by atoms with Gasteiger partial charge in [-0.05, 0) is 24.1 Å². The number of carbonyl (C=O) groups excluding carboxylic acids is 1. The summed E-state index contributed by atoms with van der Waals surface area (Å²) in [5.41, 5.74) is 1.31. The maximum Gasteiger partial charge on any atom is 0.224 e. The average Bonchev–Trinajstić information content (AvgIpc) is 2.69. The fourth-order valence-electron chi connectivity index (χ4n) is 1.74. The number of benzene rings is 1. The lowest BCUT2D eigenvalue weighted by Crippen LogP contribution is -2.28. The van der Waals surface area contributed by atoms with Gasteiger partial charge in [0.15, 0.2) is 0 Å². The van der Waals surface area contributed by atoms with Crippen molar-refractivity contribution in [3.8, 4) is 0 Å². The van der Waals surface area contributed by atoms with Crippen LogP contribution in [0.3, 0.4) is 0 Å². The molecule has 96 valence electrons. The summed E-state index contributed by atoms with van der Waals surface area (Å²) in [4.78, 5) is 11.7. The summed E-state index contributed by atoms with van der Waals surface area (Å²) in [6, 6.07) is 4.30. The highest BCUT2D eigenvalue weighted by molar-refractivity contribution is 5.87. The predicted octanol–water partition coefficient (Wildman–Crippen LogP) is 2.89. The summed E-state index contributed by atoms with van der Waals surface area (Å²) >= 11 is 0. The first-order chi connectivity index (χ1) is 8.56. The first-order valence-corrected chi connectivity index (χ1v) is 5.98. The van der Waals surface area contributed by atoms with Crippen molar-refractivity contribution in [2.75, 3.05) is 6.54 Å². The second kappa shape index (κ2) is 5.21.